The summed E-state index contributed by atoms with van der Waals surface area (Å²) in [6.07, 6.45) is 10.9. The van der Waals surface area contributed by atoms with Crippen molar-refractivity contribution in [3.05, 3.63) is 18.2 Å². The summed E-state index contributed by atoms with van der Waals surface area (Å²) in [5.41, 5.74) is 0.484. The van der Waals surface area contributed by atoms with Gasteiger partial charge in [-0.05, 0) is 36.5 Å². The minimum Gasteiger partial charge on any atom is -0.477 e. The van der Waals surface area contributed by atoms with Crippen LogP contribution in [0, 0.1) is 17.3 Å². The molecule has 0 aliphatic heterocycles. The lowest BCUT2D eigenvalue weighted by molar-refractivity contribution is 0.0103. The van der Waals surface area contributed by atoms with Gasteiger partial charge in [-0.15, -0.1) is 0 Å². The van der Waals surface area contributed by atoms with Gasteiger partial charge in [-0.25, -0.2) is 9.78 Å². The lowest BCUT2D eigenvalue weighted by Crippen LogP contribution is -2.43. The Morgan fingerprint density at radius 1 is 1.35 bits per heavy atom. The van der Waals surface area contributed by atoms with Gasteiger partial charge in [-0.2, -0.15) is 0 Å². The van der Waals surface area contributed by atoms with Crippen LogP contribution in [0.1, 0.15) is 68.9 Å². The van der Waals surface area contributed by atoms with Crippen LogP contribution in [-0.2, 0) is 0 Å². The molecule has 4 nitrogen and oxygen atoms in total. The number of aromatic carboxylic acids is 1. The smallest absolute Gasteiger partial charge is 0.354 e. The second-order valence-electron chi connectivity index (χ2n) is 7.17. The number of imidazole rings is 1. The summed E-state index contributed by atoms with van der Waals surface area (Å²) in [4.78, 5) is 15.5. The zero-order chi connectivity index (χ0) is 14.3. The van der Waals surface area contributed by atoms with Crippen LogP contribution in [0.3, 0.4) is 0 Å². The van der Waals surface area contributed by atoms with E-state index >= 15 is 0 Å². The molecule has 1 N–H and O–H groups in total. The van der Waals surface area contributed by atoms with Crippen LogP contribution in [0.4, 0.5) is 0 Å². The van der Waals surface area contributed by atoms with Crippen molar-refractivity contribution < 1.29 is 9.90 Å². The number of nitrogens with zero attached hydrogens (tertiary/aromatic N) is 2. The first kappa shape index (κ1) is 13.7. The Hall–Kier alpha value is -1.32. The molecule has 3 rings (SSSR count). The Kier molecular flexibility index (Phi) is 3.35. The van der Waals surface area contributed by atoms with Crippen LogP contribution in [0.25, 0.3) is 0 Å². The van der Waals surface area contributed by atoms with Crippen LogP contribution < -0.4 is 0 Å². The summed E-state index contributed by atoms with van der Waals surface area (Å²) in [5.74, 6) is 0.516. The Balaban J connectivity index is 2.01. The van der Waals surface area contributed by atoms with Gasteiger partial charge in [0.05, 0.1) is 12.5 Å². The molecule has 1 heterocycles. The molecule has 2 fully saturated rings. The average Bonchev–Trinajstić information content (AvgIpc) is 2.86. The van der Waals surface area contributed by atoms with Crippen LogP contribution in [0.5, 0.6) is 0 Å². The highest BCUT2D eigenvalue weighted by Gasteiger charge is 2.46. The van der Waals surface area contributed by atoms with Crippen molar-refractivity contribution in [3.63, 3.8) is 0 Å². The maximum Gasteiger partial charge on any atom is 0.354 e. The zero-order valence-corrected chi connectivity index (χ0v) is 12.4. The van der Waals surface area contributed by atoms with Crippen LogP contribution >= 0.6 is 0 Å². The molecule has 0 amide bonds. The molecule has 0 unspecified atom stereocenters. The fraction of sp³-hybridized carbons (Fsp3) is 0.750. The molecular formula is C16H24N2O2. The third-order valence-electron chi connectivity index (χ3n) is 5.52. The van der Waals surface area contributed by atoms with Crippen molar-refractivity contribution in [1.82, 2.24) is 9.55 Å². The highest BCUT2D eigenvalue weighted by Crippen LogP contribution is 2.54. The Morgan fingerprint density at radius 3 is 2.85 bits per heavy atom. The molecule has 0 aromatic carbocycles. The van der Waals surface area contributed by atoms with Gasteiger partial charge in [-0.3, -0.25) is 0 Å². The van der Waals surface area contributed by atoms with Gasteiger partial charge in [0.2, 0.25) is 0 Å². The minimum absolute atomic E-state index is 0.142. The lowest BCUT2D eigenvalue weighted by atomic mass is 9.59. The van der Waals surface area contributed by atoms with E-state index in [2.05, 4.69) is 18.8 Å². The molecule has 1 aromatic heterocycles. The molecule has 2 aliphatic rings. The molecular weight excluding hydrogens is 252 g/mol. The highest BCUT2D eigenvalue weighted by molar-refractivity contribution is 5.85. The molecule has 110 valence electrons. The predicted octanol–water partition coefficient (Wildman–Crippen LogP) is 3.75. The molecule has 2 saturated carbocycles. The van der Waals surface area contributed by atoms with Gasteiger partial charge in [-0.1, -0.05) is 33.1 Å². The van der Waals surface area contributed by atoms with Gasteiger partial charge in [0, 0.05) is 6.04 Å². The van der Waals surface area contributed by atoms with Crippen LogP contribution in [0.15, 0.2) is 12.5 Å². The van der Waals surface area contributed by atoms with Crippen molar-refractivity contribution in [3.8, 4) is 0 Å². The molecule has 4 heteroatoms. The van der Waals surface area contributed by atoms with E-state index in [4.69, 9.17) is 0 Å². The molecule has 3 atom stereocenters. The Labute approximate surface area is 120 Å². The van der Waals surface area contributed by atoms with Gasteiger partial charge in [0.1, 0.15) is 5.69 Å². The highest BCUT2D eigenvalue weighted by atomic mass is 16.4. The van der Waals surface area contributed by atoms with E-state index in [-0.39, 0.29) is 11.5 Å². The summed E-state index contributed by atoms with van der Waals surface area (Å²) in [5, 5.41) is 9.39. The monoisotopic (exact) mass is 276 g/mol. The van der Waals surface area contributed by atoms with E-state index in [1.807, 2.05) is 4.57 Å². The number of hydrogen-bond acceptors (Lipinski definition) is 2. The second kappa shape index (κ2) is 4.90. The van der Waals surface area contributed by atoms with Crippen molar-refractivity contribution in [2.45, 2.75) is 58.4 Å². The SMILES string of the molecule is CC1(C)CC[C@@H]2CCCC[C@@H]2[C@@H]1n1cncc1C(=O)O. The number of carboxylic acid groups (broad SMARTS) is 1. The molecule has 0 spiro atoms. The molecule has 20 heavy (non-hydrogen) atoms. The first-order valence-corrected chi connectivity index (χ1v) is 7.76. The number of carboxylic acids is 1. The first-order chi connectivity index (χ1) is 9.50. The summed E-state index contributed by atoms with van der Waals surface area (Å²) < 4.78 is 1.95. The van der Waals surface area contributed by atoms with Crippen molar-refractivity contribution in [1.29, 1.82) is 0 Å². The maximum absolute atomic E-state index is 11.4. The van der Waals surface area contributed by atoms with E-state index in [9.17, 15) is 9.90 Å². The Bertz CT molecular complexity index is 506. The van der Waals surface area contributed by atoms with E-state index in [1.165, 1.54) is 44.7 Å². The van der Waals surface area contributed by atoms with E-state index in [0.717, 1.165) is 5.92 Å². The average molecular weight is 276 g/mol. The maximum atomic E-state index is 11.4. The van der Waals surface area contributed by atoms with Gasteiger partial charge in [0.15, 0.2) is 0 Å². The van der Waals surface area contributed by atoms with Gasteiger partial charge >= 0.3 is 5.97 Å². The third-order valence-corrected chi connectivity index (χ3v) is 5.52. The third kappa shape index (κ3) is 2.15. The van der Waals surface area contributed by atoms with Crippen molar-refractivity contribution in [2.24, 2.45) is 17.3 Å². The molecule has 0 bridgehead atoms. The largest absolute Gasteiger partial charge is 0.477 e. The van der Waals surface area contributed by atoms with Crippen molar-refractivity contribution in [2.75, 3.05) is 0 Å². The van der Waals surface area contributed by atoms with Gasteiger partial charge in [0.25, 0.3) is 0 Å². The van der Waals surface area contributed by atoms with Crippen LogP contribution in [-0.4, -0.2) is 20.6 Å². The van der Waals surface area contributed by atoms with E-state index in [0.29, 0.717) is 11.6 Å². The summed E-state index contributed by atoms with van der Waals surface area (Å²) in [6.45, 7) is 4.57. The molecule has 0 radical (unpaired) electrons. The number of aromatic nitrogens is 2. The first-order valence-electron chi connectivity index (χ1n) is 7.76. The summed E-state index contributed by atoms with van der Waals surface area (Å²) in [7, 11) is 0. The quantitative estimate of drug-likeness (QED) is 0.895. The van der Waals surface area contributed by atoms with Crippen molar-refractivity contribution >= 4 is 5.97 Å². The molecule has 1 aromatic rings. The second-order valence-corrected chi connectivity index (χ2v) is 7.17. The Morgan fingerprint density at radius 2 is 2.10 bits per heavy atom. The predicted molar refractivity (Wildman–Crippen MR) is 76.7 cm³/mol. The molecule has 2 aliphatic carbocycles. The molecule has 0 saturated heterocycles. The minimum atomic E-state index is -0.865. The normalized spacial score (nSPS) is 32.6. The van der Waals surface area contributed by atoms with E-state index in [1.54, 1.807) is 6.33 Å². The topological polar surface area (TPSA) is 55.1 Å². The summed E-state index contributed by atoms with van der Waals surface area (Å²) in [6, 6.07) is 0.273. The fourth-order valence-electron chi connectivity index (χ4n) is 4.57. The number of rotatable bonds is 2. The van der Waals surface area contributed by atoms with Gasteiger partial charge < -0.3 is 9.67 Å². The van der Waals surface area contributed by atoms with E-state index < -0.39 is 5.97 Å². The number of carbonyl (C=O) groups is 1. The standard InChI is InChI=1S/C16H24N2O2/c1-16(2)8-7-11-5-3-4-6-12(11)14(16)18-10-17-9-13(18)15(19)20/h9-12,14H,3-8H2,1-2H3,(H,19,20)/t11-,12-,14-/m0/s1. The van der Waals surface area contributed by atoms with Crippen LogP contribution in [0.2, 0.25) is 0 Å². The number of hydrogen-bond donors (Lipinski definition) is 1. The number of fused-ring (bicyclic) bond motifs is 1. The lowest BCUT2D eigenvalue weighted by Gasteiger charge is -2.50. The summed E-state index contributed by atoms with van der Waals surface area (Å²) >= 11 is 0. The fourth-order valence-corrected chi connectivity index (χ4v) is 4.57. The zero-order valence-electron chi connectivity index (χ0n) is 12.4.